The van der Waals surface area contributed by atoms with Crippen LogP contribution in [-0.2, 0) is 19.1 Å². The van der Waals surface area contributed by atoms with Gasteiger partial charge < -0.3 is 14.6 Å². The van der Waals surface area contributed by atoms with E-state index in [1.165, 1.54) is 32.1 Å². The lowest BCUT2D eigenvalue weighted by atomic mass is 10.1. The molecule has 0 aliphatic rings. The minimum atomic E-state index is -0.792. The molecule has 1 atom stereocenters. The highest BCUT2D eigenvalue weighted by Crippen LogP contribution is 2.12. The second-order valence-corrected chi connectivity index (χ2v) is 12.2. The Hall–Kier alpha value is -2.92. The Morgan fingerprint density at radius 1 is 0.479 bits per heavy atom. The summed E-state index contributed by atoms with van der Waals surface area (Å²) >= 11 is 0. The molecule has 0 aliphatic carbocycles. The molecule has 0 aromatic heterocycles. The molecule has 0 saturated carbocycles. The Balaban J connectivity index is 3.64. The van der Waals surface area contributed by atoms with Crippen LogP contribution in [0.2, 0.25) is 0 Å². The second-order valence-electron chi connectivity index (χ2n) is 12.2. The third-order valence-corrected chi connectivity index (χ3v) is 7.68. The smallest absolute Gasteiger partial charge is 0.306 e. The highest BCUT2D eigenvalue weighted by molar-refractivity contribution is 5.70. The van der Waals surface area contributed by atoms with Gasteiger partial charge in [0.2, 0.25) is 0 Å². The number of ether oxygens (including phenoxy) is 2. The van der Waals surface area contributed by atoms with E-state index in [9.17, 15) is 14.7 Å². The fourth-order valence-corrected chi connectivity index (χ4v) is 4.85. The van der Waals surface area contributed by atoms with Crippen LogP contribution in [0.4, 0.5) is 0 Å². The maximum atomic E-state index is 12.2. The van der Waals surface area contributed by atoms with E-state index in [1.807, 2.05) is 0 Å². The van der Waals surface area contributed by atoms with Crippen molar-refractivity contribution in [1.82, 2.24) is 0 Å². The van der Waals surface area contributed by atoms with Gasteiger partial charge in [-0.1, -0.05) is 144 Å². The Labute approximate surface area is 295 Å². The molecule has 272 valence electrons. The predicted molar refractivity (Wildman–Crippen MR) is 205 cm³/mol. The van der Waals surface area contributed by atoms with Crippen molar-refractivity contribution in [3.8, 4) is 0 Å². The van der Waals surface area contributed by atoms with Gasteiger partial charge in [0.1, 0.15) is 6.61 Å². The van der Waals surface area contributed by atoms with Gasteiger partial charge in [0.15, 0.2) is 6.10 Å². The summed E-state index contributed by atoms with van der Waals surface area (Å²) in [6.45, 7) is 3.86. The van der Waals surface area contributed by atoms with Gasteiger partial charge in [0.05, 0.1) is 6.61 Å². The predicted octanol–water partition coefficient (Wildman–Crippen LogP) is 11.9. The topological polar surface area (TPSA) is 72.8 Å². The Kier molecular flexibility index (Phi) is 36.2. The number of aliphatic hydroxyl groups is 1. The van der Waals surface area contributed by atoms with E-state index in [4.69, 9.17) is 9.47 Å². The Morgan fingerprint density at radius 2 is 0.833 bits per heavy atom. The molecule has 1 unspecified atom stereocenters. The summed E-state index contributed by atoms with van der Waals surface area (Å²) in [4.78, 5) is 24.2. The summed E-state index contributed by atoms with van der Waals surface area (Å²) in [5.74, 6) is -0.644. The van der Waals surface area contributed by atoms with Gasteiger partial charge in [0, 0.05) is 12.8 Å². The van der Waals surface area contributed by atoms with Crippen molar-refractivity contribution in [2.24, 2.45) is 0 Å². The van der Waals surface area contributed by atoms with Gasteiger partial charge in [-0.05, 0) is 83.5 Å². The monoisotopic (exact) mass is 667 g/mol. The molecule has 0 fully saturated rings. The van der Waals surface area contributed by atoms with Crippen molar-refractivity contribution < 1.29 is 24.2 Å². The van der Waals surface area contributed by atoms with Gasteiger partial charge in [-0.2, -0.15) is 0 Å². The fraction of sp³-hybridized carbons (Fsp3) is 0.628. The highest BCUT2D eigenvalue weighted by atomic mass is 16.6. The lowest BCUT2D eigenvalue weighted by molar-refractivity contribution is -0.161. The summed E-state index contributed by atoms with van der Waals surface area (Å²) in [7, 11) is 0. The number of aliphatic hydroxyl groups excluding tert-OH is 1. The van der Waals surface area contributed by atoms with Crippen molar-refractivity contribution in [2.75, 3.05) is 13.2 Å². The van der Waals surface area contributed by atoms with E-state index in [2.05, 4.69) is 98.9 Å². The molecule has 0 aliphatic heterocycles. The molecule has 0 saturated heterocycles. The Morgan fingerprint density at radius 3 is 1.27 bits per heavy atom. The number of rotatable bonds is 33. The number of hydrogen-bond acceptors (Lipinski definition) is 5. The second kappa shape index (κ2) is 38.5. The average molecular weight is 667 g/mol. The first kappa shape index (κ1) is 45.1. The third-order valence-electron chi connectivity index (χ3n) is 7.68. The Bertz CT molecular complexity index is 937. The van der Waals surface area contributed by atoms with Crippen LogP contribution in [0, 0.1) is 0 Å². The van der Waals surface area contributed by atoms with E-state index in [0.29, 0.717) is 12.8 Å². The average Bonchev–Trinajstić information content (AvgIpc) is 3.09. The lowest BCUT2D eigenvalue weighted by Crippen LogP contribution is -2.28. The van der Waals surface area contributed by atoms with E-state index < -0.39 is 6.10 Å². The summed E-state index contributed by atoms with van der Waals surface area (Å²) in [5.41, 5.74) is 0. The zero-order valence-electron chi connectivity index (χ0n) is 30.7. The minimum Gasteiger partial charge on any atom is -0.462 e. The number of carbonyl (C=O) groups excluding carboxylic acids is 2. The first-order valence-corrected chi connectivity index (χ1v) is 19.1. The van der Waals surface area contributed by atoms with E-state index >= 15 is 0 Å². The lowest BCUT2D eigenvalue weighted by Gasteiger charge is -2.15. The van der Waals surface area contributed by atoms with Crippen molar-refractivity contribution in [3.63, 3.8) is 0 Å². The molecule has 1 N–H and O–H groups in total. The van der Waals surface area contributed by atoms with Crippen LogP contribution in [0.25, 0.3) is 0 Å². The molecule has 0 bridgehead atoms. The molecule has 0 rings (SSSR count). The zero-order chi connectivity index (χ0) is 35.0. The number of allylic oxidation sites excluding steroid dienone is 14. The number of hydrogen-bond donors (Lipinski definition) is 1. The van der Waals surface area contributed by atoms with Crippen LogP contribution < -0.4 is 0 Å². The van der Waals surface area contributed by atoms with Crippen LogP contribution in [0.3, 0.4) is 0 Å². The van der Waals surface area contributed by atoms with E-state index in [-0.39, 0.29) is 25.2 Å². The number of carbonyl (C=O) groups is 2. The van der Waals surface area contributed by atoms with Crippen molar-refractivity contribution in [3.05, 3.63) is 85.1 Å². The molecule has 0 aromatic rings. The molecular formula is C43H70O5. The minimum absolute atomic E-state index is 0.0894. The molecule has 5 heteroatoms. The van der Waals surface area contributed by atoms with Gasteiger partial charge in [-0.25, -0.2) is 0 Å². The molecule has 0 heterocycles. The molecular weight excluding hydrogens is 596 g/mol. The zero-order valence-corrected chi connectivity index (χ0v) is 30.7. The van der Waals surface area contributed by atoms with Gasteiger partial charge in [-0.3, -0.25) is 9.59 Å². The largest absolute Gasteiger partial charge is 0.462 e. The normalized spacial score (nSPS) is 13.1. The van der Waals surface area contributed by atoms with Crippen molar-refractivity contribution in [2.45, 2.75) is 161 Å². The van der Waals surface area contributed by atoms with Gasteiger partial charge in [-0.15, -0.1) is 0 Å². The molecule has 0 spiro atoms. The fourth-order valence-electron chi connectivity index (χ4n) is 4.85. The summed E-state index contributed by atoms with van der Waals surface area (Å²) in [5, 5.41) is 9.54. The number of esters is 2. The first-order chi connectivity index (χ1) is 23.6. The van der Waals surface area contributed by atoms with Crippen LogP contribution >= 0.6 is 0 Å². The van der Waals surface area contributed by atoms with Crippen molar-refractivity contribution in [1.29, 1.82) is 0 Å². The summed E-state index contributed by atoms with van der Waals surface area (Å²) in [6.07, 6.45) is 52.1. The first-order valence-electron chi connectivity index (χ1n) is 19.1. The van der Waals surface area contributed by atoms with Crippen molar-refractivity contribution >= 4 is 11.9 Å². The molecule has 0 amide bonds. The maximum absolute atomic E-state index is 12.2. The van der Waals surface area contributed by atoms with Gasteiger partial charge >= 0.3 is 11.9 Å². The molecule has 5 nitrogen and oxygen atoms in total. The van der Waals surface area contributed by atoms with Crippen LogP contribution in [0.5, 0.6) is 0 Å². The molecule has 0 aromatic carbocycles. The quantitative estimate of drug-likeness (QED) is 0.0429. The SMILES string of the molecule is CC/C=C\C/C=C\C/C=C\C/C=C\CCCCCCCCCCC(=O)OC(CO)COC(=O)CCCCC/C=C\C/C=C\C/C=C\CC. The molecule has 0 radical (unpaired) electrons. The standard InChI is InChI=1S/C43H70O5/c1-3-5-7-9-11-13-15-17-18-19-20-21-22-23-24-26-28-30-32-34-36-38-43(46)48-41(39-44)40-47-42(45)37-35-33-31-29-27-25-16-14-12-10-8-6-4-2/h5-8,11-14,17-18,20-21,25,27,41,44H,3-4,9-10,15-16,19,22-24,26,28-40H2,1-2H3/b7-5-,8-6-,13-11-,14-12-,18-17-,21-20-,27-25-. The highest BCUT2D eigenvalue weighted by Gasteiger charge is 2.16. The van der Waals surface area contributed by atoms with Crippen LogP contribution in [0.1, 0.15) is 155 Å². The van der Waals surface area contributed by atoms with Gasteiger partial charge in [0.25, 0.3) is 0 Å². The van der Waals surface area contributed by atoms with Crippen LogP contribution in [-0.4, -0.2) is 36.4 Å². The summed E-state index contributed by atoms with van der Waals surface area (Å²) in [6, 6.07) is 0. The number of unbranched alkanes of at least 4 members (excludes halogenated alkanes) is 11. The van der Waals surface area contributed by atoms with E-state index in [0.717, 1.165) is 96.3 Å². The summed E-state index contributed by atoms with van der Waals surface area (Å²) < 4.78 is 10.6. The maximum Gasteiger partial charge on any atom is 0.306 e. The molecule has 48 heavy (non-hydrogen) atoms. The third kappa shape index (κ3) is 35.9. The van der Waals surface area contributed by atoms with Crippen LogP contribution in [0.15, 0.2) is 85.1 Å². The van der Waals surface area contributed by atoms with E-state index in [1.54, 1.807) is 0 Å².